The molecule has 0 unspecified atom stereocenters. The highest BCUT2D eigenvalue weighted by atomic mass is 35.5. The van der Waals surface area contributed by atoms with E-state index >= 15 is 0 Å². The highest BCUT2D eigenvalue weighted by Gasteiger charge is 2.06. The summed E-state index contributed by atoms with van der Waals surface area (Å²) in [6.07, 6.45) is 5.39. The van der Waals surface area contributed by atoms with Crippen molar-refractivity contribution in [2.75, 3.05) is 5.32 Å². The quantitative estimate of drug-likeness (QED) is 0.298. The SMILES string of the molecule is O=C(CCCCCCC(=O)Nc1cccnc1Cl)NO. The first-order valence-corrected chi connectivity index (χ1v) is 6.84. The number of nitrogens with one attached hydrogen (secondary N) is 2. The molecule has 0 radical (unpaired) electrons. The van der Waals surface area contributed by atoms with Crippen LogP contribution in [0.3, 0.4) is 0 Å². The van der Waals surface area contributed by atoms with Gasteiger partial charge in [0.25, 0.3) is 0 Å². The molecule has 0 saturated carbocycles. The minimum atomic E-state index is -0.381. The lowest BCUT2D eigenvalue weighted by atomic mass is 10.1. The summed E-state index contributed by atoms with van der Waals surface area (Å²) in [5.74, 6) is -0.484. The first kappa shape index (κ1) is 16.4. The first-order chi connectivity index (χ1) is 9.63. The number of carbonyl (C=O) groups is 2. The summed E-state index contributed by atoms with van der Waals surface area (Å²) in [6.45, 7) is 0. The van der Waals surface area contributed by atoms with Crippen molar-refractivity contribution in [1.82, 2.24) is 10.5 Å². The standard InChI is InChI=1S/C13H18ClN3O3/c14-13-10(6-5-9-15-13)16-11(18)7-3-1-2-4-8-12(19)17-20/h5-6,9,20H,1-4,7-8H2,(H,16,18)(H,17,19). The Kier molecular flexibility index (Phi) is 7.60. The van der Waals surface area contributed by atoms with Crippen molar-refractivity contribution in [2.45, 2.75) is 38.5 Å². The molecule has 20 heavy (non-hydrogen) atoms. The second-order valence-electron chi connectivity index (χ2n) is 4.34. The van der Waals surface area contributed by atoms with Gasteiger partial charge >= 0.3 is 0 Å². The topological polar surface area (TPSA) is 91.3 Å². The molecule has 0 aliphatic carbocycles. The molecule has 0 saturated heterocycles. The fraction of sp³-hybridized carbons (Fsp3) is 0.462. The molecule has 3 N–H and O–H groups in total. The molecule has 1 rings (SSSR count). The van der Waals surface area contributed by atoms with E-state index in [9.17, 15) is 9.59 Å². The number of rotatable bonds is 8. The van der Waals surface area contributed by atoms with Crippen LogP contribution in [0.5, 0.6) is 0 Å². The van der Waals surface area contributed by atoms with Gasteiger partial charge in [-0.05, 0) is 25.0 Å². The van der Waals surface area contributed by atoms with Gasteiger partial charge in [-0.25, -0.2) is 10.5 Å². The van der Waals surface area contributed by atoms with E-state index in [1.54, 1.807) is 23.8 Å². The van der Waals surface area contributed by atoms with Crippen LogP contribution >= 0.6 is 11.6 Å². The van der Waals surface area contributed by atoms with Crippen LogP contribution in [0.15, 0.2) is 18.3 Å². The van der Waals surface area contributed by atoms with Crippen LogP contribution in [0.4, 0.5) is 5.69 Å². The van der Waals surface area contributed by atoms with E-state index in [2.05, 4.69) is 10.3 Å². The Bertz CT molecular complexity index is 454. The smallest absolute Gasteiger partial charge is 0.243 e. The van der Waals surface area contributed by atoms with Crippen molar-refractivity contribution in [1.29, 1.82) is 0 Å². The van der Waals surface area contributed by atoms with Gasteiger partial charge in [-0.15, -0.1) is 0 Å². The van der Waals surface area contributed by atoms with Gasteiger partial charge in [0, 0.05) is 19.0 Å². The highest BCUT2D eigenvalue weighted by Crippen LogP contribution is 2.18. The molecule has 0 spiro atoms. The van der Waals surface area contributed by atoms with E-state index in [0.29, 0.717) is 24.9 Å². The molecular formula is C13H18ClN3O3. The van der Waals surface area contributed by atoms with Crippen LogP contribution in [0.25, 0.3) is 0 Å². The van der Waals surface area contributed by atoms with Gasteiger partial charge in [0.15, 0.2) is 5.15 Å². The molecule has 7 heteroatoms. The predicted octanol–water partition coefficient (Wildman–Crippen LogP) is 2.52. The Morgan fingerprint density at radius 2 is 1.80 bits per heavy atom. The number of hydrogen-bond acceptors (Lipinski definition) is 4. The largest absolute Gasteiger partial charge is 0.323 e. The zero-order valence-electron chi connectivity index (χ0n) is 11.1. The van der Waals surface area contributed by atoms with Crippen LogP contribution < -0.4 is 10.8 Å². The molecule has 0 aromatic carbocycles. The van der Waals surface area contributed by atoms with Crippen LogP contribution in [0.1, 0.15) is 38.5 Å². The maximum Gasteiger partial charge on any atom is 0.243 e. The lowest BCUT2D eigenvalue weighted by Gasteiger charge is -2.06. The summed E-state index contributed by atoms with van der Waals surface area (Å²) in [6, 6.07) is 3.40. The third kappa shape index (κ3) is 6.49. The van der Waals surface area contributed by atoms with Crippen LogP contribution in [-0.2, 0) is 9.59 Å². The van der Waals surface area contributed by atoms with Gasteiger partial charge in [-0.2, -0.15) is 0 Å². The van der Waals surface area contributed by atoms with Crippen molar-refractivity contribution >= 4 is 29.1 Å². The second-order valence-corrected chi connectivity index (χ2v) is 4.70. The number of pyridine rings is 1. The Morgan fingerprint density at radius 3 is 2.40 bits per heavy atom. The number of halogens is 1. The number of aromatic nitrogens is 1. The van der Waals surface area contributed by atoms with E-state index in [0.717, 1.165) is 19.3 Å². The molecule has 1 aromatic rings. The zero-order valence-corrected chi connectivity index (χ0v) is 11.8. The zero-order chi connectivity index (χ0) is 14.8. The normalized spacial score (nSPS) is 10.1. The molecule has 110 valence electrons. The maximum absolute atomic E-state index is 11.7. The molecule has 0 aliphatic heterocycles. The number of amides is 2. The molecular weight excluding hydrogens is 282 g/mol. The Morgan fingerprint density at radius 1 is 1.15 bits per heavy atom. The number of carbonyl (C=O) groups excluding carboxylic acids is 2. The monoisotopic (exact) mass is 299 g/mol. The first-order valence-electron chi connectivity index (χ1n) is 6.47. The van der Waals surface area contributed by atoms with Gasteiger partial charge in [-0.3, -0.25) is 14.8 Å². The molecule has 2 amide bonds. The summed E-state index contributed by atoms with van der Waals surface area (Å²) < 4.78 is 0. The van der Waals surface area contributed by atoms with Gasteiger partial charge in [0.05, 0.1) is 5.69 Å². The van der Waals surface area contributed by atoms with E-state index < -0.39 is 0 Å². The van der Waals surface area contributed by atoms with Crippen molar-refractivity contribution in [3.8, 4) is 0 Å². The Labute approximate surface area is 122 Å². The van der Waals surface area contributed by atoms with E-state index in [4.69, 9.17) is 16.8 Å². The predicted molar refractivity (Wildman–Crippen MR) is 75.5 cm³/mol. The summed E-state index contributed by atoms with van der Waals surface area (Å²) in [4.78, 5) is 26.3. The minimum absolute atomic E-state index is 0.104. The van der Waals surface area contributed by atoms with E-state index in [1.165, 1.54) is 0 Å². The van der Waals surface area contributed by atoms with Crippen LogP contribution in [0.2, 0.25) is 5.15 Å². The van der Waals surface area contributed by atoms with Crippen molar-refractivity contribution in [2.24, 2.45) is 0 Å². The van der Waals surface area contributed by atoms with Crippen LogP contribution in [0, 0.1) is 0 Å². The fourth-order valence-electron chi connectivity index (χ4n) is 1.67. The summed E-state index contributed by atoms with van der Waals surface area (Å²) in [5, 5.41) is 11.3. The number of hydrogen-bond donors (Lipinski definition) is 3. The summed E-state index contributed by atoms with van der Waals surface area (Å²) in [7, 11) is 0. The lowest BCUT2D eigenvalue weighted by Crippen LogP contribution is -2.17. The molecule has 6 nitrogen and oxygen atoms in total. The minimum Gasteiger partial charge on any atom is -0.323 e. The van der Waals surface area contributed by atoms with Gasteiger partial charge in [0.1, 0.15) is 0 Å². The number of unbranched alkanes of at least 4 members (excludes halogenated alkanes) is 3. The molecule has 0 bridgehead atoms. The molecule has 0 fully saturated rings. The number of hydroxylamine groups is 1. The Balaban J connectivity index is 2.12. The third-order valence-corrected chi connectivity index (χ3v) is 3.02. The molecule has 0 aliphatic rings. The number of anilines is 1. The van der Waals surface area contributed by atoms with E-state index in [1.807, 2.05) is 0 Å². The molecule has 1 aromatic heterocycles. The second kappa shape index (κ2) is 9.28. The summed E-state index contributed by atoms with van der Waals surface area (Å²) in [5.41, 5.74) is 2.10. The lowest BCUT2D eigenvalue weighted by molar-refractivity contribution is -0.129. The highest BCUT2D eigenvalue weighted by molar-refractivity contribution is 6.32. The Hall–Kier alpha value is -1.66. The summed E-state index contributed by atoms with van der Waals surface area (Å²) >= 11 is 5.83. The fourth-order valence-corrected chi connectivity index (χ4v) is 1.84. The van der Waals surface area contributed by atoms with Gasteiger partial charge < -0.3 is 5.32 Å². The third-order valence-electron chi connectivity index (χ3n) is 2.72. The molecule has 1 heterocycles. The van der Waals surface area contributed by atoms with E-state index in [-0.39, 0.29) is 17.0 Å². The van der Waals surface area contributed by atoms with Crippen molar-refractivity contribution in [3.05, 3.63) is 23.5 Å². The molecule has 0 atom stereocenters. The maximum atomic E-state index is 11.7. The van der Waals surface area contributed by atoms with Gasteiger partial charge in [-0.1, -0.05) is 24.4 Å². The van der Waals surface area contributed by atoms with Crippen LogP contribution in [-0.4, -0.2) is 22.0 Å². The van der Waals surface area contributed by atoms with Crippen molar-refractivity contribution in [3.63, 3.8) is 0 Å². The van der Waals surface area contributed by atoms with Gasteiger partial charge in [0.2, 0.25) is 11.8 Å². The van der Waals surface area contributed by atoms with Crippen molar-refractivity contribution < 1.29 is 14.8 Å². The number of nitrogens with zero attached hydrogens (tertiary/aromatic N) is 1. The average molecular weight is 300 g/mol. The average Bonchev–Trinajstić information content (AvgIpc) is 2.44.